The van der Waals surface area contributed by atoms with Crippen molar-refractivity contribution >= 4 is 0 Å². The first-order valence-corrected chi connectivity index (χ1v) is 6.48. The maximum atomic E-state index is 4.62. The lowest BCUT2D eigenvalue weighted by atomic mass is 10.2. The lowest BCUT2D eigenvalue weighted by Gasteiger charge is -2.05. The van der Waals surface area contributed by atoms with Gasteiger partial charge in [0.15, 0.2) is 0 Å². The molecule has 0 spiro atoms. The van der Waals surface area contributed by atoms with E-state index in [2.05, 4.69) is 35.9 Å². The standard InChI is InChI=1S/C13H23N3/c1-4-5-8-16-11(3)13(10(2)15-16)9-14-12-6-7-12/h12,14H,4-9H2,1-3H3. The fourth-order valence-electron chi connectivity index (χ4n) is 2.05. The summed E-state index contributed by atoms with van der Waals surface area (Å²) in [6.45, 7) is 8.60. The second-order valence-electron chi connectivity index (χ2n) is 4.88. The lowest BCUT2D eigenvalue weighted by molar-refractivity contribution is 0.554. The Hall–Kier alpha value is -0.830. The maximum absolute atomic E-state index is 4.62. The van der Waals surface area contributed by atoms with Crippen LogP contribution in [-0.2, 0) is 13.1 Å². The quantitative estimate of drug-likeness (QED) is 0.800. The Morgan fingerprint density at radius 3 is 2.75 bits per heavy atom. The Bertz CT molecular complexity index is 350. The summed E-state index contributed by atoms with van der Waals surface area (Å²) in [7, 11) is 0. The molecule has 1 aromatic heterocycles. The van der Waals surface area contributed by atoms with Crippen LogP contribution in [0.2, 0.25) is 0 Å². The van der Waals surface area contributed by atoms with Gasteiger partial charge in [-0.2, -0.15) is 5.10 Å². The van der Waals surface area contributed by atoms with Gasteiger partial charge < -0.3 is 5.32 Å². The molecule has 1 fully saturated rings. The molecule has 1 aromatic rings. The molecular formula is C13H23N3. The third-order valence-corrected chi connectivity index (χ3v) is 3.40. The van der Waals surface area contributed by atoms with Gasteiger partial charge in [0.05, 0.1) is 5.69 Å². The van der Waals surface area contributed by atoms with E-state index in [1.54, 1.807) is 0 Å². The van der Waals surface area contributed by atoms with Crippen molar-refractivity contribution in [2.24, 2.45) is 0 Å². The van der Waals surface area contributed by atoms with Crippen molar-refractivity contribution < 1.29 is 0 Å². The summed E-state index contributed by atoms with van der Waals surface area (Å²) in [6.07, 6.45) is 5.15. The van der Waals surface area contributed by atoms with Gasteiger partial charge in [-0.15, -0.1) is 0 Å². The first-order chi connectivity index (χ1) is 7.72. The number of nitrogens with zero attached hydrogens (tertiary/aromatic N) is 2. The van der Waals surface area contributed by atoms with Crippen LogP contribution in [0.25, 0.3) is 0 Å². The largest absolute Gasteiger partial charge is 0.310 e. The van der Waals surface area contributed by atoms with E-state index in [1.807, 2.05) is 0 Å². The molecule has 0 unspecified atom stereocenters. The number of hydrogen-bond acceptors (Lipinski definition) is 2. The fraction of sp³-hybridized carbons (Fsp3) is 0.769. The molecule has 0 saturated heterocycles. The molecule has 16 heavy (non-hydrogen) atoms. The van der Waals surface area contributed by atoms with Crippen LogP contribution in [-0.4, -0.2) is 15.8 Å². The molecule has 1 N–H and O–H groups in total. The number of aryl methyl sites for hydroxylation is 2. The van der Waals surface area contributed by atoms with Gasteiger partial charge in [-0.1, -0.05) is 13.3 Å². The fourth-order valence-corrected chi connectivity index (χ4v) is 2.05. The lowest BCUT2D eigenvalue weighted by Crippen LogP contribution is -2.16. The predicted molar refractivity (Wildman–Crippen MR) is 66.5 cm³/mol. The highest BCUT2D eigenvalue weighted by molar-refractivity contribution is 5.24. The van der Waals surface area contributed by atoms with Gasteiger partial charge in [-0.3, -0.25) is 4.68 Å². The number of hydrogen-bond donors (Lipinski definition) is 1. The second-order valence-corrected chi connectivity index (χ2v) is 4.88. The smallest absolute Gasteiger partial charge is 0.0641 e. The van der Waals surface area contributed by atoms with Crippen LogP contribution in [0.15, 0.2) is 0 Å². The van der Waals surface area contributed by atoms with Gasteiger partial charge in [-0.05, 0) is 33.1 Å². The minimum absolute atomic E-state index is 0.776. The average molecular weight is 221 g/mol. The Balaban J connectivity index is 2.01. The van der Waals surface area contributed by atoms with Crippen molar-refractivity contribution in [1.29, 1.82) is 0 Å². The second kappa shape index (κ2) is 5.00. The SMILES string of the molecule is CCCCn1nc(C)c(CNC2CC2)c1C. The number of nitrogens with one attached hydrogen (secondary N) is 1. The molecule has 0 radical (unpaired) electrons. The molecule has 2 rings (SSSR count). The van der Waals surface area contributed by atoms with Crippen molar-refractivity contribution in [2.75, 3.05) is 0 Å². The maximum Gasteiger partial charge on any atom is 0.0641 e. The molecule has 1 aliphatic carbocycles. The van der Waals surface area contributed by atoms with E-state index >= 15 is 0 Å². The molecule has 0 aliphatic heterocycles. The number of aromatic nitrogens is 2. The molecule has 3 nitrogen and oxygen atoms in total. The van der Waals surface area contributed by atoms with E-state index in [4.69, 9.17) is 0 Å². The van der Waals surface area contributed by atoms with Crippen LogP contribution in [0.4, 0.5) is 0 Å². The topological polar surface area (TPSA) is 29.9 Å². The summed E-state index contributed by atoms with van der Waals surface area (Å²) in [5.41, 5.74) is 3.95. The third-order valence-electron chi connectivity index (χ3n) is 3.40. The Kier molecular flexibility index (Phi) is 3.64. The van der Waals surface area contributed by atoms with Gasteiger partial charge in [0.25, 0.3) is 0 Å². The molecule has 1 heterocycles. The van der Waals surface area contributed by atoms with Crippen LogP contribution in [0.1, 0.15) is 49.6 Å². The molecule has 0 aromatic carbocycles. The molecule has 0 amide bonds. The minimum Gasteiger partial charge on any atom is -0.310 e. The van der Waals surface area contributed by atoms with E-state index in [0.29, 0.717) is 0 Å². The van der Waals surface area contributed by atoms with Gasteiger partial charge in [-0.25, -0.2) is 0 Å². The molecule has 1 aliphatic rings. The zero-order valence-corrected chi connectivity index (χ0v) is 10.7. The van der Waals surface area contributed by atoms with Crippen molar-refractivity contribution in [3.05, 3.63) is 17.0 Å². The summed E-state index contributed by atoms with van der Waals surface area (Å²) in [6, 6.07) is 0.776. The molecule has 1 saturated carbocycles. The van der Waals surface area contributed by atoms with Crippen LogP contribution in [0, 0.1) is 13.8 Å². The van der Waals surface area contributed by atoms with E-state index < -0.39 is 0 Å². The summed E-state index contributed by atoms with van der Waals surface area (Å²) in [5, 5.41) is 8.19. The summed E-state index contributed by atoms with van der Waals surface area (Å²) in [4.78, 5) is 0. The predicted octanol–water partition coefficient (Wildman–Crippen LogP) is 2.55. The Labute approximate surface area is 98.2 Å². The molecule has 90 valence electrons. The zero-order chi connectivity index (χ0) is 11.5. The Morgan fingerprint density at radius 2 is 2.12 bits per heavy atom. The minimum atomic E-state index is 0.776. The monoisotopic (exact) mass is 221 g/mol. The number of unbranched alkanes of at least 4 members (excludes halogenated alkanes) is 1. The van der Waals surface area contributed by atoms with Crippen LogP contribution >= 0.6 is 0 Å². The first kappa shape index (κ1) is 11.6. The molecular weight excluding hydrogens is 198 g/mol. The zero-order valence-electron chi connectivity index (χ0n) is 10.7. The normalized spacial score (nSPS) is 15.7. The van der Waals surface area contributed by atoms with Crippen LogP contribution < -0.4 is 5.32 Å². The highest BCUT2D eigenvalue weighted by Gasteiger charge is 2.21. The molecule has 0 bridgehead atoms. The molecule has 0 atom stereocenters. The van der Waals surface area contributed by atoms with Crippen LogP contribution in [0.3, 0.4) is 0 Å². The van der Waals surface area contributed by atoms with Gasteiger partial charge in [0.1, 0.15) is 0 Å². The van der Waals surface area contributed by atoms with Gasteiger partial charge in [0.2, 0.25) is 0 Å². The first-order valence-electron chi connectivity index (χ1n) is 6.48. The summed E-state index contributed by atoms with van der Waals surface area (Å²) in [5.74, 6) is 0. The number of rotatable bonds is 6. The summed E-state index contributed by atoms with van der Waals surface area (Å²) >= 11 is 0. The third kappa shape index (κ3) is 2.64. The summed E-state index contributed by atoms with van der Waals surface area (Å²) < 4.78 is 2.17. The average Bonchev–Trinajstić information content (AvgIpc) is 3.03. The molecule has 3 heteroatoms. The highest BCUT2D eigenvalue weighted by atomic mass is 15.3. The van der Waals surface area contributed by atoms with E-state index in [9.17, 15) is 0 Å². The van der Waals surface area contributed by atoms with Crippen molar-refractivity contribution in [2.45, 2.75) is 65.6 Å². The van der Waals surface area contributed by atoms with Crippen molar-refractivity contribution in [1.82, 2.24) is 15.1 Å². The van der Waals surface area contributed by atoms with Crippen molar-refractivity contribution in [3.63, 3.8) is 0 Å². The van der Waals surface area contributed by atoms with Crippen LogP contribution in [0.5, 0.6) is 0 Å². The van der Waals surface area contributed by atoms with E-state index in [0.717, 1.165) is 19.1 Å². The van der Waals surface area contributed by atoms with Gasteiger partial charge in [0, 0.05) is 30.4 Å². The van der Waals surface area contributed by atoms with E-state index in [-0.39, 0.29) is 0 Å². The van der Waals surface area contributed by atoms with Crippen molar-refractivity contribution in [3.8, 4) is 0 Å². The highest BCUT2D eigenvalue weighted by Crippen LogP contribution is 2.21. The Morgan fingerprint density at radius 1 is 1.38 bits per heavy atom. The van der Waals surface area contributed by atoms with Gasteiger partial charge >= 0.3 is 0 Å². The van der Waals surface area contributed by atoms with E-state index in [1.165, 1.54) is 42.6 Å².